The molecule has 12 heavy (non-hydrogen) atoms. The first-order valence-electron chi connectivity index (χ1n) is 4.32. The van der Waals surface area contributed by atoms with E-state index in [1.807, 2.05) is 19.1 Å². The normalized spacial score (nSPS) is 21.2. The van der Waals surface area contributed by atoms with Crippen molar-refractivity contribution >= 4 is 5.78 Å². The number of rotatable bonds is 0. The molecule has 0 amide bonds. The van der Waals surface area contributed by atoms with Crippen molar-refractivity contribution < 1.29 is 4.79 Å². The Morgan fingerprint density at radius 2 is 2.17 bits per heavy atom. The van der Waals surface area contributed by atoms with E-state index in [4.69, 9.17) is 0 Å². The third kappa shape index (κ3) is 0.970. The second-order valence-corrected chi connectivity index (χ2v) is 3.63. The predicted octanol–water partition coefficient (Wildman–Crippen LogP) is 2.37. The predicted molar refractivity (Wildman–Crippen MR) is 48.4 cm³/mol. The molecule has 0 N–H and O–H groups in total. The summed E-state index contributed by atoms with van der Waals surface area (Å²) in [7, 11) is 0. The first-order valence-corrected chi connectivity index (χ1v) is 4.32. The van der Waals surface area contributed by atoms with Gasteiger partial charge in [0.2, 0.25) is 0 Å². The molecule has 0 heterocycles. The van der Waals surface area contributed by atoms with Crippen LogP contribution in [0.4, 0.5) is 0 Å². The van der Waals surface area contributed by atoms with Crippen molar-refractivity contribution in [3.8, 4) is 0 Å². The van der Waals surface area contributed by atoms with E-state index in [1.54, 1.807) is 0 Å². The molecule has 0 saturated heterocycles. The van der Waals surface area contributed by atoms with Crippen LogP contribution in [-0.2, 0) is 6.42 Å². The highest BCUT2D eigenvalue weighted by molar-refractivity contribution is 6.02. The Morgan fingerprint density at radius 3 is 2.92 bits per heavy atom. The number of ketones is 1. The third-order valence-corrected chi connectivity index (χ3v) is 2.50. The van der Waals surface area contributed by atoms with Crippen LogP contribution in [0.1, 0.15) is 28.4 Å². The van der Waals surface area contributed by atoms with Gasteiger partial charge in [-0.1, -0.05) is 30.7 Å². The molecule has 2 rings (SSSR count). The van der Waals surface area contributed by atoms with Crippen molar-refractivity contribution in [3.05, 3.63) is 34.9 Å². The monoisotopic (exact) mass is 160 g/mol. The number of benzene rings is 1. The molecule has 1 aromatic carbocycles. The zero-order chi connectivity index (χ0) is 8.72. The molecule has 0 fully saturated rings. The number of hydrogen-bond donors (Lipinski definition) is 0. The fourth-order valence-electron chi connectivity index (χ4n) is 1.82. The number of carbonyl (C=O) groups excluding carboxylic acids is 1. The summed E-state index contributed by atoms with van der Waals surface area (Å²) in [6.07, 6.45) is 0.926. The van der Waals surface area contributed by atoms with Crippen molar-refractivity contribution in [2.75, 3.05) is 0 Å². The smallest absolute Gasteiger partial charge is 0.166 e. The van der Waals surface area contributed by atoms with Crippen molar-refractivity contribution in [3.63, 3.8) is 0 Å². The molecule has 0 bridgehead atoms. The van der Waals surface area contributed by atoms with Gasteiger partial charge in [-0.25, -0.2) is 0 Å². The van der Waals surface area contributed by atoms with E-state index in [2.05, 4.69) is 13.0 Å². The number of Topliss-reactive ketones (excluding diaryl/α,β-unsaturated/α-hetero) is 1. The second-order valence-electron chi connectivity index (χ2n) is 3.63. The van der Waals surface area contributed by atoms with Crippen LogP contribution < -0.4 is 0 Å². The van der Waals surface area contributed by atoms with Crippen molar-refractivity contribution in [1.82, 2.24) is 0 Å². The summed E-state index contributed by atoms with van der Waals surface area (Å²) in [6.45, 7) is 4.06. The largest absolute Gasteiger partial charge is 0.294 e. The molecule has 0 aliphatic heterocycles. The first-order chi connectivity index (χ1) is 5.68. The van der Waals surface area contributed by atoms with Gasteiger partial charge in [0, 0.05) is 11.5 Å². The van der Waals surface area contributed by atoms with Gasteiger partial charge >= 0.3 is 0 Å². The lowest BCUT2D eigenvalue weighted by Gasteiger charge is -1.97. The molecule has 1 aromatic rings. The Kier molecular flexibility index (Phi) is 1.53. The van der Waals surface area contributed by atoms with E-state index in [9.17, 15) is 4.79 Å². The second kappa shape index (κ2) is 2.44. The van der Waals surface area contributed by atoms with Gasteiger partial charge in [0.25, 0.3) is 0 Å². The van der Waals surface area contributed by atoms with Gasteiger partial charge < -0.3 is 0 Å². The van der Waals surface area contributed by atoms with E-state index < -0.39 is 0 Å². The van der Waals surface area contributed by atoms with E-state index in [1.165, 1.54) is 11.1 Å². The maximum Gasteiger partial charge on any atom is 0.166 e. The topological polar surface area (TPSA) is 17.1 Å². The summed E-state index contributed by atoms with van der Waals surface area (Å²) in [4.78, 5) is 11.5. The average molecular weight is 160 g/mol. The fourth-order valence-corrected chi connectivity index (χ4v) is 1.82. The van der Waals surface area contributed by atoms with Crippen molar-refractivity contribution in [2.24, 2.45) is 5.92 Å². The molecule has 1 unspecified atom stereocenters. The number of carbonyl (C=O) groups is 1. The quantitative estimate of drug-likeness (QED) is 0.569. The maximum absolute atomic E-state index is 11.5. The Hall–Kier alpha value is -1.11. The van der Waals surface area contributed by atoms with Gasteiger partial charge in [-0.15, -0.1) is 0 Å². The first kappa shape index (κ1) is 7.53. The van der Waals surface area contributed by atoms with E-state index in [0.29, 0.717) is 5.78 Å². The molecule has 62 valence electrons. The van der Waals surface area contributed by atoms with Crippen LogP contribution in [-0.4, -0.2) is 5.78 Å². The number of fused-ring (bicyclic) bond motifs is 1. The van der Waals surface area contributed by atoms with Crippen LogP contribution in [0.25, 0.3) is 0 Å². The van der Waals surface area contributed by atoms with Gasteiger partial charge in [0.05, 0.1) is 0 Å². The summed E-state index contributed by atoms with van der Waals surface area (Å²) in [5.41, 5.74) is 3.41. The molecule has 0 spiro atoms. The average Bonchev–Trinajstić information content (AvgIpc) is 2.28. The van der Waals surface area contributed by atoms with Crippen LogP contribution in [0.5, 0.6) is 0 Å². The van der Waals surface area contributed by atoms with E-state index in [-0.39, 0.29) is 5.92 Å². The van der Waals surface area contributed by atoms with Gasteiger partial charge in [-0.2, -0.15) is 0 Å². The lowest BCUT2D eigenvalue weighted by atomic mass is 10.1. The third-order valence-electron chi connectivity index (χ3n) is 2.50. The summed E-state index contributed by atoms with van der Waals surface area (Å²) < 4.78 is 0. The van der Waals surface area contributed by atoms with Crippen LogP contribution in [0.2, 0.25) is 0 Å². The minimum absolute atomic E-state index is 0.196. The molecule has 1 nitrogen and oxygen atoms in total. The van der Waals surface area contributed by atoms with Gasteiger partial charge in [0.15, 0.2) is 5.78 Å². The minimum atomic E-state index is 0.196. The highest BCUT2D eigenvalue weighted by atomic mass is 16.1. The molecule has 0 radical (unpaired) electrons. The summed E-state index contributed by atoms with van der Waals surface area (Å²) in [5, 5.41) is 0. The lowest BCUT2D eigenvalue weighted by molar-refractivity contribution is 0.0946. The van der Waals surface area contributed by atoms with Crippen LogP contribution in [0.3, 0.4) is 0 Å². The van der Waals surface area contributed by atoms with Crippen molar-refractivity contribution in [1.29, 1.82) is 0 Å². The zero-order valence-electron chi connectivity index (χ0n) is 7.42. The molecular weight excluding hydrogens is 148 g/mol. The minimum Gasteiger partial charge on any atom is -0.294 e. The fraction of sp³-hybridized carbons (Fsp3) is 0.364. The Labute approximate surface area is 72.4 Å². The number of aryl methyl sites for hydroxylation is 1. The zero-order valence-corrected chi connectivity index (χ0v) is 7.42. The SMILES string of the molecule is Cc1ccc2c(c1)CC(C)C2=O. The van der Waals surface area contributed by atoms with Gasteiger partial charge in [0.1, 0.15) is 0 Å². The Bertz CT molecular complexity index is 339. The summed E-state index contributed by atoms with van der Waals surface area (Å²) >= 11 is 0. The van der Waals surface area contributed by atoms with Crippen LogP contribution >= 0.6 is 0 Å². The van der Waals surface area contributed by atoms with E-state index in [0.717, 1.165) is 12.0 Å². The number of hydrogen-bond acceptors (Lipinski definition) is 1. The highest BCUT2D eigenvalue weighted by Crippen LogP contribution is 2.26. The molecule has 0 saturated carbocycles. The van der Waals surface area contributed by atoms with Crippen LogP contribution in [0, 0.1) is 12.8 Å². The standard InChI is InChI=1S/C11H12O/c1-7-3-4-10-9(5-7)6-8(2)11(10)12/h3-5,8H,6H2,1-2H3. The van der Waals surface area contributed by atoms with Crippen molar-refractivity contribution in [2.45, 2.75) is 20.3 Å². The van der Waals surface area contributed by atoms with Crippen LogP contribution in [0.15, 0.2) is 18.2 Å². The van der Waals surface area contributed by atoms with Gasteiger partial charge in [-0.3, -0.25) is 4.79 Å². The summed E-state index contributed by atoms with van der Waals surface area (Å²) in [5.74, 6) is 0.506. The molecule has 1 heteroatoms. The molecular formula is C11H12O. The lowest BCUT2D eigenvalue weighted by Crippen LogP contribution is -2.02. The Balaban J connectivity index is 2.54. The highest BCUT2D eigenvalue weighted by Gasteiger charge is 2.26. The molecule has 0 aromatic heterocycles. The molecule has 1 aliphatic carbocycles. The van der Waals surface area contributed by atoms with Gasteiger partial charge in [-0.05, 0) is 18.9 Å². The maximum atomic E-state index is 11.5. The summed E-state index contributed by atoms with van der Waals surface area (Å²) in [6, 6.07) is 6.09. The van der Waals surface area contributed by atoms with E-state index >= 15 is 0 Å². The Morgan fingerprint density at radius 1 is 1.42 bits per heavy atom. The molecule has 1 aliphatic rings. The molecule has 1 atom stereocenters.